The second-order valence-corrected chi connectivity index (χ2v) is 10.7. The minimum absolute atomic E-state index is 0.219. The summed E-state index contributed by atoms with van der Waals surface area (Å²) in [6.07, 6.45) is 0. The lowest BCUT2D eigenvalue weighted by atomic mass is 9.30. The van der Waals surface area contributed by atoms with Crippen molar-refractivity contribution in [2.24, 2.45) is 0 Å². The fraction of sp³-hybridized carbons (Fsp3) is 0.118. The van der Waals surface area contributed by atoms with Gasteiger partial charge in [0.25, 0.3) is 0 Å². The van der Waals surface area contributed by atoms with Crippen LogP contribution in [0.5, 0.6) is 0 Å². The van der Waals surface area contributed by atoms with Crippen LogP contribution >= 0.6 is 0 Å². The zero-order chi connectivity index (χ0) is 24.2. The Labute approximate surface area is 212 Å². The summed E-state index contributed by atoms with van der Waals surface area (Å²) in [6, 6.07) is 38.6. The van der Waals surface area contributed by atoms with Gasteiger partial charge in [-0.1, -0.05) is 103 Å². The van der Waals surface area contributed by atoms with E-state index in [0.717, 1.165) is 0 Å². The molecule has 1 atom stereocenters. The van der Waals surface area contributed by atoms with Crippen LogP contribution in [0.1, 0.15) is 34.9 Å². The number of hydrogen-bond donors (Lipinski definition) is 0. The number of aromatic nitrogens is 1. The highest BCUT2D eigenvalue weighted by atomic mass is 15.0. The molecule has 6 aromatic rings. The number of benzene rings is 5. The van der Waals surface area contributed by atoms with Gasteiger partial charge in [0.2, 0.25) is 6.71 Å². The Morgan fingerprint density at radius 3 is 2.28 bits per heavy atom. The van der Waals surface area contributed by atoms with Gasteiger partial charge in [0.15, 0.2) is 0 Å². The number of rotatable bonds is 1. The monoisotopic (exact) mass is 459 g/mol. The third-order valence-corrected chi connectivity index (χ3v) is 9.15. The molecule has 2 aliphatic rings. The third kappa shape index (κ3) is 2.24. The Balaban J connectivity index is 1.61. The van der Waals surface area contributed by atoms with E-state index in [0.29, 0.717) is 0 Å². The molecule has 3 heterocycles. The lowest BCUT2D eigenvalue weighted by Crippen LogP contribution is -2.63. The maximum absolute atomic E-state index is 2.56. The molecule has 0 amide bonds. The Kier molecular flexibility index (Phi) is 3.81. The normalized spacial score (nSPS) is 17.4. The lowest BCUT2D eigenvalue weighted by Gasteiger charge is -2.44. The van der Waals surface area contributed by atoms with E-state index in [1.807, 2.05) is 0 Å². The molecule has 0 aliphatic carbocycles. The van der Waals surface area contributed by atoms with Crippen LogP contribution in [0.25, 0.3) is 27.4 Å². The van der Waals surface area contributed by atoms with E-state index in [9.17, 15) is 0 Å². The molecule has 8 rings (SSSR count). The summed E-state index contributed by atoms with van der Waals surface area (Å²) >= 11 is 0. The Morgan fingerprint density at radius 1 is 0.694 bits per heavy atom. The maximum atomic E-state index is 2.56. The number of aryl methyl sites for hydroxylation is 1. The van der Waals surface area contributed by atoms with Crippen molar-refractivity contribution in [1.82, 2.24) is 4.57 Å². The highest BCUT2D eigenvalue weighted by Crippen LogP contribution is 2.43. The van der Waals surface area contributed by atoms with Crippen molar-refractivity contribution in [2.75, 3.05) is 0 Å². The molecule has 0 saturated carbocycles. The van der Waals surface area contributed by atoms with Gasteiger partial charge in [-0.05, 0) is 70.8 Å². The summed E-state index contributed by atoms with van der Waals surface area (Å²) in [7, 11) is 0. The van der Waals surface area contributed by atoms with Gasteiger partial charge in [-0.25, -0.2) is 0 Å². The third-order valence-electron chi connectivity index (χ3n) is 9.15. The van der Waals surface area contributed by atoms with Crippen molar-refractivity contribution < 1.29 is 0 Å². The van der Waals surface area contributed by atoms with Gasteiger partial charge in [-0.15, -0.1) is 0 Å². The van der Waals surface area contributed by atoms with Crippen LogP contribution in [0, 0.1) is 13.8 Å². The second-order valence-electron chi connectivity index (χ2n) is 10.7. The quantitative estimate of drug-likeness (QED) is 0.270. The van der Waals surface area contributed by atoms with Crippen molar-refractivity contribution in [3.8, 4) is 5.69 Å². The molecule has 1 nitrogen and oxygen atoms in total. The van der Waals surface area contributed by atoms with Crippen molar-refractivity contribution in [2.45, 2.75) is 26.2 Å². The van der Waals surface area contributed by atoms with Crippen LogP contribution < -0.4 is 16.4 Å². The van der Waals surface area contributed by atoms with Crippen LogP contribution in [-0.4, -0.2) is 11.3 Å². The van der Waals surface area contributed by atoms with Crippen LogP contribution in [0.2, 0.25) is 0 Å². The standard InChI is InChI=1S/C34H26BN/c1-21-22(2)36-30-19-11-17-27-32(30)35(29-20-23-12-7-8-15-25(23)31(21)33(29)36)28-18-10-9-16-26(28)34(27,3)24-13-5-4-6-14-24/h4-20H,1-3H3. The maximum Gasteiger partial charge on any atom is 0.247 e. The van der Waals surface area contributed by atoms with E-state index in [1.165, 1.54) is 71.7 Å². The molecule has 36 heavy (non-hydrogen) atoms. The lowest BCUT2D eigenvalue weighted by molar-refractivity contribution is 0.697. The molecule has 0 saturated heterocycles. The average Bonchev–Trinajstić information content (AvgIpc) is 3.20. The van der Waals surface area contributed by atoms with Crippen molar-refractivity contribution in [3.05, 3.63) is 131 Å². The Hall–Kier alpha value is -4.04. The van der Waals surface area contributed by atoms with Crippen LogP contribution in [0.3, 0.4) is 0 Å². The first-order valence-electron chi connectivity index (χ1n) is 12.9. The fourth-order valence-electron chi connectivity index (χ4n) is 7.41. The summed E-state index contributed by atoms with van der Waals surface area (Å²) in [6.45, 7) is 7.24. The topological polar surface area (TPSA) is 4.93 Å². The number of hydrogen-bond acceptors (Lipinski definition) is 0. The van der Waals surface area contributed by atoms with Crippen molar-refractivity contribution >= 4 is 44.8 Å². The first kappa shape index (κ1) is 20.2. The molecule has 0 bridgehead atoms. The summed E-state index contributed by atoms with van der Waals surface area (Å²) in [5.41, 5.74) is 13.8. The molecule has 1 unspecified atom stereocenters. The Morgan fingerprint density at radius 2 is 1.42 bits per heavy atom. The molecule has 0 radical (unpaired) electrons. The van der Waals surface area contributed by atoms with Crippen LogP contribution in [0.15, 0.2) is 103 Å². The molecule has 2 heteroatoms. The van der Waals surface area contributed by atoms with E-state index in [2.05, 4.69) is 128 Å². The van der Waals surface area contributed by atoms with Gasteiger partial charge in [0, 0.05) is 27.7 Å². The molecule has 0 fully saturated rings. The first-order valence-corrected chi connectivity index (χ1v) is 12.9. The van der Waals surface area contributed by atoms with Gasteiger partial charge in [-0.2, -0.15) is 0 Å². The number of fused-ring (bicyclic) bond motifs is 6. The van der Waals surface area contributed by atoms with Crippen molar-refractivity contribution in [3.63, 3.8) is 0 Å². The van der Waals surface area contributed by atoms with E-state index in [1.54, 1.807) is 0 Å². The van der Waals surface area contributed by atoms with Crippen LogP contribution in [-0.2, 0) is 5.41 Å². The smallest absolute Gasteiger partial charge is 0.247 e. The molecule has 5 aromatic carbocycles. The first-order chi connectivity index (χ1) is 17.6. The minimum Gasteiger partial charge on any atom is -0.315 e. The van der Waals surface area contributed by atoms with Crippen molar-refractivity contribution in [1.29, 1.82) is 0 Å². The summed E-state index contributed by atoms with van der Waals surface area (Å²) in [5, 5.41) is 4.09. The molecule has 0 spiro atoms. The van der Waals surface area contributed by atoms with Gasteiger partial charge >= 0.3 is 0 Å². The summed E-state index contributed by atoms with van der Waals surface area (Å²) in [5.74, 6) is 0. The van der Waals surface area contributed by atoms with E-state index in [4.69, 9.17) is 0 Å². The zero-order valence-corrected chi connectivity index (χ0v) is 20.8. The number of nitrogens with zero attached hydrogens (tertiary/aromatic N) is 1. The minimum atomic E-state index is -0.219. The van der Waals surface area contributed by atoms with Crippen LogP contribution in [0.4, 0.5) is 0 Å². The molecular weight excluding hydrogens is 433 g/mol. The highest BCUT2D eigenvalue weighted by Gasteiger charge is 2.47. The van der Waals surface area contributed by atoms with E-state index >= 15 is 0 Å². The molecule has 2 aliphatic heterocycles. The van der Waals surface area contributed by atoms with E-state index < -0.39 is 0 Å². The Bertz CT molecular complexity index is 1880. The summed E-state index contributed by atoms with van der Waals surface area (Å²) < 4.78 is 2.56. The SMILES string of the molecule is Cc1c(C)n2c3c(cc4ccccc4c13)B1c3ccccc3C(C)(c3ccccc3)c3cccc-2c31. The second kappa shape index (κ2) is 6.80. The molecular formula is C34H26BN. The highest BCUT2D eigenvalue weighted by molar-refractivity contribution is 6.99. The molecule has 1 aromatic heterocycles. The molecule has 170 valence electrons. The predicted molar refractivity (Wildman–Crippen MR) is 153 cm³/mol. The zero-order valence-electron chi connectivity index (χ0n) is 20.8. The fourth-order valence-corrected chi connectivity index (χ4v) is 7.41. The summed E-state index contributed by atoms with van der Waals surface area (Å²) in [4.78, 5) is 0. The predicted octanol–water partition coefficient (Wildman–Crippen LogP) is 5.90. The average molecular weight is 459 g/mol. The van der Waals surface area contributed by atoms with Gasteiger partial charge in [-0.3, -0.25) is 0 Å². The molecule has 0 N–H and O–H groups in total. The van der Waals surface area contributed by atoms with Gasteiger partial charge < -0.3 is 4.57 Å². The largest absolute Gasteiger partial charge is 0.315 e. The van der Waals surface area contributed by atoms with Gasteiger partial charge in [0.1, 0.15) is 0 Å². The van der Waals surface area contributed by atoms with Gasteiger partial charge in [0.05, 0.1) is 0 Å². The van der Waals surface area contributed by atoms with E-state index in [-0.39, 0.29) is 12.1 Å².